The van der Waals surface area contributed by atoms with Gasteiger partial charge in [-0.15, -0.1) is 0 Å². The molecule has 1 unspecified atom stereocenters. The molecule has 0 radical (unpaired) electrons. The predicted molar refractivity (Wildman–Crippen MR) is 119 cm³/mol. The minimum absolute atomic E-state index is 0.0549. The molecule has 158 valence electrons. The number of benzene rings is 2. The second-order valence-corrected chi connectivity index (χ2v) is 7.44. The van der Waals surface area contributed by atoms with Crippen molar-refractivity contribution in [2.45, 2.75) is 65.0 Å². The molecule has 0 amide bonds. The summed E-state index contributed by atoms with van der Waals surface area (Å²) >= 11 is 0. The van der Waals surface area contributed by atoms with E-state index >= 15 is 0 Å². The van der Waals surface area contributed by atoms with Crippen LogP contribution in [0.15, 0.2) is 54.6 Å². The largest absolute Gasteiger partial charge is 0.497 e. The maximum atomic E-state index is 13.3. The number of hydrogen-bond acceptors (Lipinski definition) is 4. The topological polar surface area (TPSA) is 47.6 Å². The Bertz CT molecular complexity index is 709. The van der Waals surface area contributed by atoms with Crippen molar-refractivity contribution in [1.82, 2.24) is 0 Å². The van der Waals surface area contributed by atoms with Crippen LogP contribution in [0.4, 0.5) is 5.69 Å². The van der Waals surface area contributed by atoms with E-state index in [9.17, 15) is 4.79 Å². The Kier molecular flexibility index (Phi) is 9.55. The summed E-state index contributed by atoms with van der Waals surface area (Å²) in [6.07, 6.45) is 5.14. The first-order valence-electron chi connectivity index (χ1n) is 10.8. The molecule has 0 bridgehead atoms. The summed E-state index contributed by atoms with van der Waals surface area (Å²) in [5.41, 5.74) is 1.74. The fourth-order valence-corrected chi connectivity index (χ4v) is 3.76. The van der Waals surface area contributed by atoms with Crippen molar-refractivity contribution in [3.05, 3.63) is 60.2 Å². The lowest BCUT2D eigenvalue weighted by Crippen LogP contribution is -2.31. The van der Waals surface area contributed by atoms with Crippen molar-refractivity contribution in [2.75, 3.05) is 12.4 Å². The first-order valence-corrected chi connectivity index (χ1v) is 10.8. The van der Waals surface area contributed by atoms with Gasteiger partial charge in [0.25, 0.3) is 0 Å². The molecule has 2 aromatic rings. The Balaban J connectivity index is 2.24. The van der Waals surface area contributed by atoms with E-state index in [2.05, 4.69) is 26.1 Å². The lowest BCUT2D eigenvalue weighted by atomic mass is 9.91. The molecule has 4 heteroatoms. The first kappa shape index (κ1) is 22.8. The van der Waals surface area contributed by atoms with Crippen LogP contribution in [-0.2, 0) is 9.53 Å². The van der Waals surface area contributed by atoms with Crippen LogP contribution in [0.5, 0.6) is 5.75 Å². The van der Waals surface area contributed by atoms with Gasteiger partial charge in [-0.05, 0) is 55.0 Å². The molecule has 0 saturated heterocycles. The van der Waals surface area contributed by atoms with Gasteiger partial charge in [0.1, 0.15) is 11.9 Å². The number of esters is 1. The Morgan fingerprint density at radius 3 is 2.07 bits per heavy atom. The molecule has 2 rings (SSSR count). The zero-order valence-corrected chi connectivity index (χ0v) is 18.2. The molecule has 0 aliphatic heterocycles. The quantitative estimate of drug-likeness (QED) is 0.422. The summed E-state index contributed by atoms with van der Waals surface area (Å²) in [4.78, 5) is 13.3. The zero-order valence-electron chi connectivity index (χ0n) is 18.2. The Morgan fingerprint density at radius 2 is 1.55 bits per heavy atom. The summed E-state index contributed by atoms with van der Waals surface area (Å²) in [7, 11) is 1.64. The second kappa shape index (κ2) is 12.2. The third kappa shape index (κ3) is 6.81. The Morgan fingerprint density at radius 1 is 0.931 bits per heavy atom. The highest BCUT2D eigenvalue weighted by Crippen LogP contribution is 2.27. The summed E-state index contributed by atoms with van der Waals surface area (Å²) in [5.74, 6) is 0.938. The van der Waals surface area contributed by atoms with Crippen LogP contribution < -0.4 is 10.1 Å². The SMILES string of the molecule is CCCC(CCC)[C@H](CC)OC(=O)C(Nc1ccccc1)c1ccc(OC)cc1. The number of nitrogens with one attached hydrogen (secondary N) is 1. The maximum absolute atomic E-state index is 13.3. The van der Waals surface area contributed by atoms with Gasteiger partial charge < -0.3 is 14.8 Å². The molecule has 0 aliphatic rings. The van der Waals surface area contributed by atoms with Gasteiger partial charge in [-0.3, -0.25) is 0 Å². The number of ether oxygens (including phenoxy) is 2. The lowest BCUT2D eigenvalue weighted by Gasteiger charge is -2.28. The fourth-order valence-electron chi connectivity index (χ4n) is 3.76. The first-order chi connectivity index (χ1) is 14.1. The highest BCUT2D eigenvalue weighted by Gasteiger charge is 2.28. The van der Waals surface area contributed by atoms with Gasteiger partial charge in [0.15, 0.2) is 6.04 Å². The molecule has 1 N–H and O–H groups in total. The standard InChI is InChI=1S/C25H35NO3/c1-5-11-19(12-6-2)23(7-3)29-25(27)24(26-21-13-9-8-10-14-21)20-15-17-22(28-4)18-16-20/h8-10,13-19,23-24,26H,5-7,11-12H2,1-4H3/t23-,24?/m0/s1. The van der Waals surface area contributed by atoms with Gasteiger partial charge in [0.2, 0.25) is 0 Å². The molecule has 29 heavy (non-hydrogen) atoms. The molecule has 0 spiro atoms. The van der Waals surface area contributed by atoms with Crippen molar-refractivity contribution in [3.8, 4) is 5.75 Å². The number of methoxy groups -OCH3 is 1. The van der Waals surface area contributed by atoms with Crippen molar-refractivity contribution < 1.29 is 14.3 Å². The van der Waals surface area contributed by atoms with Gasteiger partial charge in [0.05, 0.1) is 7.11 Å². The zero-order chi connectivity index (χ0) is 21.1. The van der Waals surface area contributed by atoms with Crippen molar-refractivity contribution >= 4 is 11.7 Å². The van der Waals surface area contributed by atoms with Crippen LogP contribution in [0.2, 0.25) is 0 Å². The molecule has 4 nitrogen and oxygen atoms in total. The minimum Gasteiger partial charge on any atom is -0.497 e. The number of hydrogen-bond donors (Lipinski definition) is 1. The highest BCUT2D eigenvalue weighted by atomic mass is 16.5. The van der Waals surface area contributed by atoms with E-state index in [4.69, 9.17) is 9.47 Å². The number of para-hydroxylation sites is 1. The smallest absolute Gasteiger partial charge is 0.333 e. The van der Waals surface area contributed by atoms with Crippen LogP contribution in [-0.4, -0.2) is 19.2 Å². The van der Waals surface area contributed by atoms with Crippen LogP contribution in [0, 0.1) is 5.92 Å². The van der Waals surface area contributed by atoms with E-state index < -0.39 is 6.04 Å². The van der Waals surface area contributed by atoms with Crippen molar-refractivity contribution in [2.24, 2.45) is 5.92 Å². The molecule has 2 aromatic carbocycles. The highest BCUT2D eigenvalue weighted by molar-refractivity contribution is 5.81. The van der Waals surface area contributed by atoms with E-state index in [1.807, 2.05) is 54.6 Å². The van der Waals surface area contributed by atoms with E-state index in [0.29, 0.717) is 5.92 Å². The predicted octanol–water partition coefficient (Wildman–Crippen LogP) is 6.39. The summed E-state index contributed by atoms with van der Waals surface area (Å²) in [6.45, 7) is 6.48. The Labute approximate surface area is 175 Å². The van der Waals surface area contributed by atoms with Crippen LogP contribution in [0.3, 0.4) is 0 Å². The van der Waals surface area contributed by atoms with Crippen molar-refractivity contribution in [3.63, 3.8) is 0 Å². The average Bonchev–Trinajstić information content (AvgIpc) is 2.76. The van der Waals surface area contributed by atoms with Gasteiger partial charge in [-0.1, -0.05) is 63.9 Å². The number of anilines is 1. The van der Waals surface area contributed by atoms with Crippen LogP contribution in [0.1, 0.15) is 64.5 Å². The normalized spacial score (nSPS) is 13.0. The fraction of sp³-hybridized carbons (Fsp3) is 0.480. The molecule has 0 aliphatic carbocycles. The minimum atomic E-state index is -0.568. The number of carbonyl (C=O) groups is 1. The van der Waals surface area contributed by atoms with E-state index in [0.717, 1.165) is 49.1 Å². The summed E-state index contributed by atoms with van der Waals surface area (Å²) in [5, 5.41) is 3.35. The molecular formula is C25H35NO3. The third-order valence-electron chi connectivity index (χ3n) is 5.28. The monoisotopic (exact) mass is 397 g/mol. The van der Waals surface area contributed by atoms with Gasteiger partial charge >= 0.3 is 5.97 Å². The second-order valence-electron chi connectivity index (χ2n) is 7.44. The van der Waals surface area contributed by atoms with Crippen LogP contribution in [0.25, 0.3) is 0 Å². The summed E-state index contributed by atoms with van der Waals surface area (Å²) in [6, 6.07) is 16.8. The Hall–Kier alpha value is -2.49. The van der Waals surface area contributed by atoms with E-state index in [1.165, 1.54) is 0 Å². The summed E-state index contributed by atoms with van der Waals surface area (Å²) < 4.78 is 11.3. The average molecular weight is 398 g/mol. The lowest BCUT2D eigenvalue weighted by molar-refractivity contribution is -0.153. The number of rotatable bonds is 12. The van der Waals surface area contributed by atoms with Crippen molar-refractivity contribution in [1.29, 1.82) is 0 Å². The molecule has 0 saturated carbocycles. The molecule has 0 fully saturated rings. The van der Waals surface area contributed by atoms with Gasteiger partial charge in [0, 0.05) is 5.69 Å². The maximum Gasteiger partial charge on any atom is 0.333 e. The van der Waals surface area contributed by atoms with E-state index in [-0.39, 0.29) is 12.1 Å². The van der Waals surface area contributed by atoms with Gasteiger partial charge in [-0.2, -0.15) is 0 Å². The third-order valence-corrected chi connectivity index (χ3v) is 5.28. The van der Waals surface area contributed by atoms with Gasteiger partial charge in [-0.25, -0.2) is 4.79 Å². The molecular weight excluding hydrogens is 362 g/mol. The van der Waals surface area contributed by atoms with Crippen LogP contribution >= 0.6 is 0 Å². The molecule has 2 atom stereocenters. The molecule has 0 heterocycles. The molecule has 0 aromatic heterocycles. The number of carbonyl (C=O) groups excluding carboxylic acids is 1. The van der Waals surface area contributed by atoms with E-state index in [1.54, 1.807) is 7.11 Å².